The minimum Gasteiger partial charge on any atom is -0.374 e. The summed E-state index contributed by atoms with van der Waals surface area (Å²) in [5.74, 6) is 0. The van der Waals surface area contributed by atoms with Gasteiger partial charge >= 0.3 is 0 Å². The first kappa shape index (κ1) is 12.2. The molecule has 0 spiro atoms. The lowest BCUT2D eigenvalue weighted by atomic mass is 10.1. The zero-order valence-corrected chi connectivity index (χ0v) is 11.9. The second-order valence-corrected chi connectivity index (χ2v) is 5.58. The fourth-order valence-electron chi connectivity index (χ4n) is 2.23. The van der Waals surface area contributed by atoms with Gasteiger partial charge in [0.25, 0.3) is 0 Å². The van der Waals surface area contributed by atoms with Gasteiger partial charge in [0.1, 0.15) is 0 Å². The molecular weight excluding hydrogens is 256 g/mol. The number of hydrogen-bond donors (Lipinski definition) is 1. The number of hydrazone groups is 1. The molecule has 0 bridgehead atoms. The third-order valence-electron chi connectivity index (χ3n) is 3.22. The van der Waals surface area contributed by atoms with Gasteiger partial charge in [-0.25, -0.2) is 4.98 Å². The first-order valence-electron chi connectivity index (χ1n) is 6.27. The van der Waals surface area contributed by atoms with Crippen molar-refractivity contribution in [1.82, 2.24) is 4.98 Å². The molecule has 5 heteroatoms. The molecule has 1 aliphatic heterocycles. The standard InChI is InChI=1S/C14H16N4S/c1-10-9-19-14(16-10)17-15-8-11-3-4-13-12(7-11)5-6-18(13)2/h3-4,7-9H,5-6H2,1-2H3,(H,16,17). The second kappa shape index (κ2) is 5.01. The Bertz CT molecular complexity index is 618. The Morgan fingerprint density at radius 2 is 2.37 bits per heavy atom. The van der Waals surface area contributed by atoms with E-state index in [9.17, 15) is 0 Å². The molecule has 2 heterocycles. The molecule has 0 unspecified atom stereocenters. The summed E-state index contributed by atoms with van der Waals surface area (Å²) < 4.78 is 0. The summed E-state index contributed by atoms with van der Waals surface area (Å²) in [4.78, 5) is 6.58. The van der Waals surface area contributed by atoms with Gasteiger partial charge in [0.15, 0.2) is 0 Å². The third kappa shape index (κ3) is 2.61. The molecule has 98 valence electrons. The van der Waals surface area contributed by atoms with E-state index in [2.05, 4.69) is 45.7 Å². The molecule has 2 aromatic rings. The first-order valence-corrected chi connectivity index (χ1v) is 7.15. The number of fused-ring (bicyclic) bond motifs is 1. The second-order valence-electron chi connectivity index (χ2n) is 4.72. The van der Waals surface area contributed by atoms with Crippen LogP contribution < -0.4 is 10.3 Å². The van der Waals surface area contributed by atoms with Gasteiger partial charge < -0.3 is 4.90 Å². The number of hydrogen-bond acceptors (Lipinski definition) is 5. The van der Waals surface area contributed by atoms with E-state index < -0.39 is 0 Å². The van der Waals surface area contributed by atoms with Crippen molar-refractivity contribution in [3.63, 3.8) is 0 Å². The van der Waals surface area contributed by atoms with Gasteiger partial charge in [0, 0.05) is 24.7 Å². The summed E-state index contributed by atoms with van der Waals surface area (Å²) in [7, 11) is 2.13. The highest BCUT2D eigenvalue weighted by molar-refractivity contribution is 7.13. The molecule has 1 aromatic carbocycles. The maximum atomic E-state index is 4.30. The summed E-state index contributed by atoms with van der Waals surface area (Å²) in [6.07, 6.45) is 2.96. The molecular formula is C14H16N4S. The molecule has 0 saturated heterocycles. The van der Waals surface area contributed by atoms with Gasteiger partial charge in [0.2, 0.25) is 5.13 Å². The number of likely N-dealkylation sites (N-methyl/N-ethyl adjacent to an activating group) is 1. The molecule has 0 aliphatic carbocycles. The molecule has 1 aromatic heterocycles. The average molecular weight is 272 g/mol. The van der Waals surface area contributed by atoms with E-state index in [1.54, 1.807) is 11.3 Å². The molecule has 0 amide bonds. The van der Waals surface area contributed by atoms with Gasteiger partial charge in [-0.15, -0.1) is 11.3 Å². The van der Waals surface area contributed by atoms with Crippen LogP contribution in [0.5, 0.6) is 0 Å². The number of anilines is 2. The molecule has 1 aliphatic rings. The summed E-state index contributed by atoms with van der Waals surface area (Å²) in [6, 6.07) is 6.47. The number of nitrogens with zero attached hydrogens (tertiary/aromatic N) is 3. The molecule has 19 heavy (non-hydrogen) atoms. The molecule has 3 rings (SSSR count). The van der Waals surface area contributed by atoms with E-state index >= 15 is 0 Å². The van der Waals surface area contributed by atoms with Crippen LogP contribution >= 0.6 is 11.3 Å². The van der Waals surface area contributed by atoms with Gasteiger partial charge in [0.05, 0.1) is 11.9 Å². The zero-order valence-electron chi connectivity index (χ0n) is 11.1. The Labute approximate surface area is 116 Å². The molecule has 0 saturated carbocycles. The lowest BCUT2D eigenvalue weighted by molar-refractivity contribution is 0.956. The van der Waals surface area contributed by atoms with E-state index in [1.165, 1.54) is 11.3 Å². The molecule has 0 radical (unpaired) electrons. The van der Waals surface area contributed by atoms with Crippen molar-refractivity contribution in [3.8, 4) is 0 Å². The lowest BCUT2D eigenvalue weighted by Gasteiger charge is -2.11. The molecule has 4 nitrogen and oxygen atoms in total. The van der Waals surface area contributed by atoms with Crippen LogP contribution in [0.4, 0.5) is 10.8 Å². The highest BCUT2D eigenvalue weighted by Gasteiger charge is 2.14. The van der Waals surface area contributed by atoms with Crippen LogP contribution in [0.15, 0.2) is 28.7 Å². The maximum absolute atomic E-state index is 4.30. The van der Waals surface area contributed by atoms with Crippen LogP contribution in [-0.2, 0) is 6.42 Å². The number of rotatable bonds is 3. The van der Waals surface area contributed by atoms with E-state index in [4.69, 9.17) is 0 Å². The fourth-order valence-corrected chi connectivity index (χ4v) is 2.87. The van der Waals surface area contributed by atoms with E-state index in [1.807, 2.05) is 18.5 Å². The fraction of sp³-hybridized carbons (Fsp3) is 0.286. The average Bonchev–Trinajstić information content (AvgIpc) is 2.97. The van der Waals surface area contributed by atoms with Crippen molar-refractivity contribution >= 4 is 28.4 Å². The molecule has 0 fully saturated rings. The minimum atomic E-state index is 0.828. The Morgan fingerprint density at radius 3 is 3.16 bits per heavy atom. The number of aromatic nitrogens is 1. The predicted molar refractivity (Wildman–Crippen MR) is 81.5 cm³/mol. The van der Waals surface area contributed by atoms with Crippen molar-refractivity contribution in [2.24, 2.45) is 5.10 Å². The van der Waals surface area contributed by atoms with Crippen molar-refractivity contribution in [3.05, 3.63) is 40.4 Å². The molecule has 0 atom stereocenters. The monoisotopic (exact) mass is 272 g/mol. The van der Waals surface area contributed by atoms with E-state index in [0.29, 0.717) is 0 Å². The SMILES string of the molecule is Cc1csc(NN=Cc2ccc3c(c2)CCN3C)n1. The van der Waals surface area contributed by atoms with Crippen LogP contribution in [0, 0.1) is 6.92 Å². The number of aryl methyl sites for hydroxylation is 1. The Balaban J connectivity index is 1.70. The smallest absolute Gasteiger partial charge is 0.203 e. The minimum absolute atomic E-state index is 0.828. The Hall–Kier alpha value is -1.88. The van der Waals surface area contributed by atoms with Crippen LogP contribution in [-0.4, -0.2) is 24.8 Å². The lowest BCUT2D eigenvalue weighted by Crippen LogP contribution is -2.12. The predicted octanol–water partition coefficient (Wildman–Crippen LogP) is 2.89. The zero-order chi connectivity index (χ0) is 13.2. The van der Waals surface area contributed by atoms with E-state index in [0.717, 1.165) is 29.4 Å². The highest BCUT2D eigenvalue weighted by Crippen LogP contribution is 2.26. The van der Waals surface area contributed by atoms with Gasteiger partial charge in [-0.2, -0.15) is 5.10 Å². The van der Waals surface area contributed by atoms with Crippen LogP contribution in [0.25, 0.3) is 0 Å². The van der Waals surface area contributed by atoms with Crippen LogP contribution in [0.2, 0.25) is 0 Å². The molecule has 1 N–H and O–H groups in total. The summed E-state index contributed by atoms with van der Waals surface area (Å²) in [6.45, 7) is 3.08. The topological polar surface area (TPSA) is 40.5 Å². The normalized spacial score (nSPS) is 14.1. The highest BCUT2D eigenvalue weighted by atomic mass is 32.1. The van der Waals surface area contributed by atoms with Crippen molar-refractivity contribution in [2.75, 3.05) is 23.9 Å². The number of nitrogens with one attached hydrogen (secondary N) is 1. The van der Waals surface area contributed by atoms with Gasteiger partial charge in [-0.1, -0.05) is 6.07 Å². The Kier molecular flexibility index (Phi) is 3.21. The number of thiazole rings is 1. The quantitative estimate of drug-likeness (QED) is 0.690. The van der Waals surface area contributed by atoms with Gasteiger partial charge in [-0.05, 0) is 36.6 Å². The van der Waals surface area contributed by atoms with Crippen LogP contribution in [0.3, 0.4) is 0 Å². The summed E-state index contributed by atoms with van der Waals surface area (Å²) in [5.41, 5.74) is 7.83. The van der Waals surface area contributed by atoms with Gasteiger partial charge in [-0.3, -0.25) is 5.43 Å². The van der Waals surface area contributed by atoms with Crippen LogP contribution in [0.1, 0.15) is 16.8 Å². The Morgan fingerprint density at radius 1 is 1.47 bits per heavy atom. The largest absolute Gasteiger partial charge is 0.374 e. The maximum Gasteiger partial charge on any atom is 0.203 e. The van der Waals surface area contributed by atoms with Crippen molar-refractivity contribution < 1.29 is 0 Å². The summed E-state index contributed by atoms with van der Waals surface area (Å²) >= 11 is 1.56. The number of benzene rings is 1. The van der Waals surface area contributed by atoms with E-state index in [-0.39, 0.29) is 0 Å². The van der Waals surface area contributed by atoms with Crippen molar-refractivity contribution in [2.45, 2.75) is 13.3 Å². The van der Waals surface area contributed by atoms with Crippen molar-refractivity contribution in [1.29, 1.82) is 0 Å². The first-order chi connectivity index (χ1) is 9.22. The third-order valence-corrected chi connectivity index (χ3v) is 4.09. The summed E-state index contributed by atoms with van der Waals surface area (Å²) in [5, 5.41) is 7.06.